The van der Waals surface area contributed by atoms with E-state index in [1.807, 2.05) is 31.2 Å². The molecule has 1 saturated heterocycles. The van der Waals surface area contributed by atoms with Crippen molar-refractivity contribution in [3.63, 3.8) is 0 Å². The van der Waals surface area contributed by atoms with Crippen LogP contribution < -0.4 is 15.4 Å². The second-order valence-electron chi connectivity index (χ2n) is 4.85. The fourth-order valence-electron chi connectivity index (χ4n) is 2.22. The topological polar surface area (TPSA) is 59.6 Å². The van der Waals surface area contributed by atoms with E-state index in [1.54, 1.807) is 0 Å². The van der Waals surface area contributed by atoms with Crippen LogP contribution in [0, 0.1) is 5.92 Å². The lowest BCUT2D eigenvalue weighted by Crippen LogP contribution is -2.35. The van der Waals surface area contributed by atoms with Gasteiger partial charge in [0.15, 0.2) is 0 Å². The molecule has 110 valence electrons. The molecule has 5 nitrogen and oxygen atoms in total. The molecule has 0 aromatic heterocycles. The number of benzene rings is 1. The van der Waals surface area contributed by atoms with Gasteiger partial charge in [0, 0.05) is 13.2 Å². The minimum Gasteiger partial charge on any atom is -0.492 e. The van der Waals surface area contributed by atoms with E-state index in [1.165, 1.54) is 0 Å². The molecule has 0 saturated carbocycles. The molecule has 2 N–H and O–H groups in total. The third kappa shape index (κ3) is 4.42. The number of urea groups is 1. The number of carbonyl (C=O) groups excluding carboxylic acids is 1. The summed E-state index contributed by atoms with van der Waals surface area (Å²) in [4.78, 5) is 11.9. The highest BCUT2D eigenvalue weighted by atomic mass is 16.5. The fraction of sp³-hybridized carbons (Fsp3) is 0.533. The average Bonchev–Trinajstić information content (AvgIpc) is 2.49. The van der Waals surface area contributed by atoms with Crippen molar-refractivity contribution < 1.29 is 14.3 Å². The Labute approximate surface area is 119 Å². The van der Waals surface area contributed by atoms with Crippen molar-refractivity contribution in [2.75, 3.05) is 31.7 Å². The number of anilines is 1. The SMILES string of the molecule is CCOc1ccccc1NC(=O)NC[C@H]1CCCOC1. The van der Waals surface area contributed by atoms with Crippen LogP contribution in [0.5, 0.6) is 5.75 Å². The second-order valence-corrected chi connectivity index (χ2v) is 4.85. The largest absolute Gasteiger partial charge is 0.492 e. The van der Waals surface area contributed by atoms with E-state index in [0.717, 1.165) is 26.1 Å². The molecular weight excluding hydrogens is 256 g/mol. The Kier molecular flexibility index (Phi) is 5.68. The van der Waals surface area contributed by atoms with Gasteiger partial charge in [-0.1, -0.05) is 12.1 Å². The van der Waals surface area contributed by atoms with Crippen LogP contribution in [0.4, 0.5) is 10.5 Å². The Morgan fingerprint density at radius 1 is 1.45 bits per heavy atom. The van der Waals surface area contributed by atoms with Crippen molar-refractivity contribution in [1.29, 1.82) is 0 Å². The minimum atomic E-state index is -0.206. The van der Waals surface area contributed by atoms with E-state index in [-0.39, 0.29) is 6.03 Å². The van der Waals surface area contributed by atoms with Crippen LogP contribution in [0.3, 0.4) is 0 Å². The first-order chi connectivity index (χ1) is 9.79. The van der Waals surface area contributed by atoms with Crippen molar-refractivity contribution in [1.82, 2.24) is 5.32 Å². The van der Waals surface area contributed by atoms with Crippen LogP contribution >= 0.6 is 0 Å². The molecule has 0 aliphatic carbocycles. The summed E-state index contributed by atoms with van der Waals surface area (Å²) in [5.41, 5.74) is 0.687. The monoisotopic (exact) mass is 278 g/mol. The summed E-state index contributed by atoms with van der Waals surface area (Å²) in [6.45, 7) is 4.70. The van der Waals surface area contributed by atoms with Gasteiger partial charge in [0.05, 0.1) is 18.9 Å². The van der Waals surface area contributed by atoms with Crippen LogP contribution in [0.25, 0.3) is 0 Å². The van der Waals surface area contributed by atoms with Crippen molar-refractivity contribution in [3.05, 3.63) is 24.3 Å². The van der Waals surface area contributed by atoms with Gasteiger partial charge < -0.3 is 20.1 Å². The van der Waals surface area contributed by atoms with Gasteiger partial charge in [-0.3, -0.25) is 0 Å². The number of nitrogens with one attached hydrogen (secondary N) is 2. The highest BCUT2D eigenvalue weighted by molar-refractivity contribution is 5.90. The Morgan fingerprint density at radius 2 is 2.30 bits per heavy atom. The summed E-state index contributed by atoms with van der Waals surface area (Å²) in [5.74, 6) is 1.10. The lowest BCUT2D eigenvalue weighted by Gasteiger charge is -2.22. The van der Waals surface area contributed by atoms with Gasteiger partial charge in [-0.15, -0.1) is 0 Å². The summed E-state index contributed by atoms with van der Waals surface area (Å²) in [6.07, 6.45) is 2.18. The van der Waals surface area contributed by atoms with Crippen LogP contribution in [0.1, 0.15) is 19.8 Å². The standard InChI is InChI=1S/C15H22N2O3/c1-2-20-14-8-4-3-7-13(14)17-15(18)16-10-12-6-5-9-19-11-12/h3-4,7-8,12H,2,5-6,9-11H2,1H3,(H2,16,17,18)/t12-/m1/s1. The summed E-state index contributed by atoms with van der Waals surface area (Å²) < 4.78 is 10.9. The van der Waals surface area contributed by atoms with Gasteiger partial charge in [-0.2, -0.15) is 0 Å². The number of para-hydroxylation sites is 2. The molecule has 1 aromatic rings. The quantitative estimate of drug-likeness (QED) is 0.870. The van der Waals surface area contributed by atoms with E-state index in [0.29, 0.717) is 30.5 Å². The van der Waals surface area contributed by atoms with Crippen LogP contribution in [0.15, 0.2) is 24.3 Å². The van der Waals surface area contributed by atoms with Crippen molar-refractivity contribution in [3.8, 4) is 5.75 Å². The normalized spacial score (nSPS) is 18.4. The van der Waals surface area contributed by atoms with Gasteiger partial charge in [-0.25, -0.2) is 4.79 Å². The zero-order valence-electron chi connectivity index (χ0n) is 11.9. The zero-order chi connectivity index (χ0) is 14.2. The van der Waals surface area contributed by atoms with E-state index in [2.05, 4.69) is 10.6 Å². The molecule has 1 aliphatic heterocycles. The third-order valence-electron chi connectivity index (χ3n) is 3.24. The number of amides is 2. The van der Waals surface area contributed by atoms with Crippen molar-refractivity contribution in [2.45, 2.75) is 19.8 Å². The van der Waals surface area contributed by atoms with Crippen molar-refractivity contribution in [2.24, 2.45) is 5.92 Å². The molecule has 5 heteroatoms. The Morgan fingerprint density at radius 3 is 3.05 bits per heavy atom. The molecule has 1 atom stereocenters. The van der Waals surface area contributed by atoms with E-state index in [9.17, 15) is 4.79 Å². The molecule has 2 amide bonds. The Balaban J connectivity index is 1.81. The zero-order valence-corrected chi connectivity index (χ0v) is 11.9. The lowest BCUT2D eigenvalue weighted by molar-refractivity contribution is 0.0559. The maximum absolute atomic E-state index is 11.9. The maximum atomic E-state index is 11.9. The van der Waals surface area contributed by atoms with Gasteiger partial charge in [-0.05, 0) is 37.8 Å². The van der Waals surface area contributed by atoms with Crippen molar-refractivity contribution >= 4 is 11.7 Å². The fourth-order valence-corrected chi connectivity index (χ4v) is 2.22. The number of hydrogen-bond donors (Lipinski definition) is 2. The number of carbonyl (C=O) groups is 1. The van der Waals surface area contributed by atoms with Crippen LogP contribution in [0.2, 0.25) is 0 Å². The van der Waals surface area contributed by atoms with E-state index in [4.69, 9.17) is 9.47 Å². The van der Waals surface area contributed by atoms with Gasteiger partial charge in [0.25, 0.3) is 0 Å². The van der Waals surface area contributed by atoms with E-state index >= 15 is 0 Å². The maximum Gasteiger partial charge on any atom is 0.319 e. The van der Waals surface area contributed by atoms with Gasteiger partial charge in [0.2, 0.25) is 0 Å². The molecule has 0 radical (unpaired) electrons. The molecule has 0 spiro atoms. The molecule has 1 aliphatic rings. The predicted molar refractivity (Wildman–Crippen MR) is 78.2 cm³/mol. The summed E-state index contributed by atoms with van der Waals surface area (Å²) in [6, 6.07) is 7.21. The smallest absolute Gasteiger partial charge is 0.319 e. The highest BCUT2D eigenvalue weighted by Crippen LogP contribution is 2.23. The Hall–Kier alpha value is -1.75. The first-order valence-corrected chi connectivity index (χ1v) is 7.14. The molecule has 2 rings (SSSR count). The predicted octanol–water partition coefficient (Wildman–Crippen LogP) is 2.63. The molecule has 0 unspecified atom stereocenters. The minimum absolute atomic E-state index is 0.206. The van der Waals surface area contributed by atoms with Gasteiger partial charge in [0.1, 0.15) is 5.75 Å². The molecule has 1 aromatic carbocycles. The average molecular weight is 278 g/mol. The molecule has 1 heterocycles. The van der Waals surface area contributed by atoms with E-state index < -0.39 is 0 Å². The third-order valence-corrected chi connectivity index (χ3v) is 3.24. The van der Waals surface area contributed by atoms with Crippen LogP contribution in [-0.2, 0) is 4.74 Å². The highest BCUT2D eigenvalue weighted by Gasteiger charge is 2.15. The number of rotatable bonds is 5. The molecule has 20 heavy (non-hydrogen) atoms. The number of ether oxygens (including phenoxy) is 2. The molecule has 1 fully saturated rings. The molecule has 0 bridgehead atoms. The summed E-state index contributed by atoms with van der Waals surface area (Å²) >= 11 is 0. The summed E-state index contributed by atoms with van der Waals surface area (Å²) in [7, 11) is 0. The first-order valence-electron chi connectivity index (χ1n) is 7.14. The Bertz CT molecular complexity index is 431. The van der Waals surface area contributed by atoms with Crippen LogP contribution in [-0.4, -0.2) is 32.4 Å². The van der Waals surface area contributed by atoms with Gasteiger partial charge >= 0.3 is 6.03 Å². The molecular formula is C15H22N2O3. The first kappa shape index (κ1) is 14.7. The summed E-state index contributed by atoms with van der Waals surface area (Å²) in [5, 5.41) is 5.70. The number of hydrogen-bond acceptors (Lipinski definition) is 3. The lowest BCUT2D eigenvalue weighted by atomic mass is 10.0. The second kappa shape index (κ2) is 7.75.